The Morgan fingerprint density at radius 3 is 2.45 bits per heavy atom. The summed E-state index contributed by atoms with van der Waals surface area (Å²) in [5.74, 6) is 0.350. The number of hydrogen-bond donors (Lipinski definition) is 2. The molecule has 3 amide bonds. The first kappa shape index (κ1) is 38.0. The van der Waals surface area contributed by atoms with Gasteiger partial charge >= 0.3 is 5.69 Å². The van der Waals surface area contributed by atoms with Crippen molar-refractivity contribution in [2.45, 2.75) is 83.2 Å². The number of methoxy groups -OCH3 is 1. The molecule has 4 fully saturated rings. The number of likely N-dealkylation sites (tertiary alicyclic amines) is 1. The van der Waals surface area contributed by atoms with E-state index in [1.165, 1.54) is 25.7 Å². The zero-order valence-electron chi connectivity index (χ0n) is 33.7. The number of nitrogens with zero attached hydrogens (tertiary/aromatic N) is 7. The van der Waals surface area contributed by atoms with Gasteiger partial charge in [0.25, 0.3) is 5.91 Å². The van der Waals surface area contributed by atoms with Gasteiger partial charge in [-0.2, -0.15) is 5.10 Å². The van der Waals surface area contributed by atoms with Gasteiger partial charge in [0.1, 0.15) is 11.8 Å². The highest BCUT2D eigenvalue weighted by molar-refractivity contribution is 6.06. The van der Waals surface area contributed by atoms with E-state index in [0.29, 0.717) is 40.8 Å². The van der Waals surface area contributed by atoms with Crippen LogP contribution in [0, 0.1) is 18.3 Å². The number of imide groups is 1. The second-order valence-electron chi connectivity index (χ2n) is 17.2. The van der Waals surface area contributed by atoms with Gasteiger partial charge in [-0.15, -0.1) is 0 Å². The molecule has 14 heteroatoms. The molecule has 2 N–H and O–H groups in total. The van der Waals surface area contributed by atoms with E-state index >= 15 is 0 Å². The van der Waals surface area contributed by atoms with E-state index in [0.717, 1.165) is 91.6 Å². The van der Waals surface area contributed by atoms with Crippen molar-refractivity contribution >= 4 is 51.0 Å². The number of para-hydroxylation sites is 1. The first-order valence-corrected chi connectivity index (χ1v) is 20.9. The Balaban J connectivity index is 0.777. The molecule has 304 valence electrons. The van der Waals surface area contributed by atoms with E-state index in [1.54, 1.807) is 35.7 Å². The van der Waals surface area contributed by atoms with Gasteiger partial charge < -0.3 is 19.9 Å². The lowest BCUT2D eigenvalue weighted by atomic mass is 9.71. The Labute approximate surface area is 337 Å². The molecule has 14 nitrogen and oxygen atoms in total. The number of pyridine rings is 1. The van der Waals surface area contributed by atoms with Crippen LogP contribution in [0.5, 0.6) is 5.75 Å². The third-order valence-corrected chi connectivity index (χ3v) is 13.6. The molecule has 3 aliphatic heterocycles. The first-order chi connectivity index (χ1) is 28.1. The van der Waals surface area contributed by atoms with E-state index in [2.05, 4.69) is 42.4 Å². The minimum absolute atomic E-state index is 0.225. The number of anilines is 2. The number of fused-ring (bicyclic) bond motifs is 2. The maximum atomic E-state index is 13.5. The van der Waals surface area contributed by atoms with Crippen LogP contribution in [0.25, 0.3) is 21.9 Å². The van der Waals surface area contributed by atoms with Gasteiger partial charge in [0.05, 0.1) is 46.6 Å². The fourth-order valence-corrected chi connectivity index (χ4v) is 10.2. The molecule has 1 saturated carbocycles. The molecule has 3 saturated heterocycles. The number of carbonyl (C=O) groups excluding carboxylic acids is 3. The predicted molar refractivity (Wildman–Crippen MR) is 222 cm³/mol. The number of nitrogens with one attached hydrogen (secondary N) is 2. The molecule has 1 unspecified atom stereocenters. The van der Waals surface area contributed by atoms with Gasteiger partial charge in [0, 0.05) is 63.1 Å². The van der Waals surface area contributed by atoms with Gasteiger partial charge in [-0.3, -0.25) is 38.5 Å². The Kier molecular flexibility index (Phi) is 10.1. The monoisotopic (exact) mass is 787 g/mol. The lowest BCUT2D eigenvalue weighted by molar-refractivity contribution is -0.135. The fourth-order valence-electron chi connectivity index (χ4n) is 10.2. The van der Waals surface area contributed by atoms with E-state index in [-0.39, 0.29) is 23.9 Å². The van der Waals surface area contributed by atoms with Gasteiger partial charge in [-0.25, -0.2) is 4.79 Å². The highest BCUT2D eigenvalue weighted by atomic mass is 16.5. The van der Waals surface area contributed by atoms with Crippen molar-refractivity contribution in [1.29, 1.82) is 0 Å². The first-order valence-electron chi connectivity index (χ1n) is 20.9. The molecular formula is C44H53N9O5. The number of aromatic nitrogens is 5. The minimum Gasteiger partial charge on any atom is -0.494 e. The molecule has 2 aromatic carbocycles. The molecule has 3 aromatic heterocycles. The molecule has 6 heterocycles. The number of amides is 3. The zero-order chi connectivity index (χ0) is 40.1. The summed E-state index contributed by atoms with van der Waals surface area (Å²) in [7, 11) is 3.39. The Morgan fingerprint density at radius 1 is 0.966 bits per heavy atom. The maximum Gasteiger partial charge on any atom is 0.329 e. The van der Waals surface area contributed by atoms with Crippen LogP contribution in [0.4, 0.5) is 11.4 Å². The van der Waals surface area contributed by atoms with Crippen LogP contribution in [0.2, 0.25) is 0 Å². The highest BCUT2D eigenvalue weighted by Crippen LogP contribution is 2.44. The van der Waals surface area contributed by atoms with Gasteiger partial charge in [0.15, 0.2) is 0 Å². The van der Waals surface area contributed by atoms with Crippen molar-refractivity contribution in [2.75, 3.05) is 50.1 Å². The number of benzene rings is 2. The summed E-state index contributed by atoms with van der Waals surface area (Å²) in [6, 6.07) is 11.3. The average Bonchev–Trinajstić information content (AvgIpc) is 3.76. The van der Waals surface area contributed by atoms with Crippen molar-refractivity contribution in [1.82, 2.24) is 34.1 Å². The molecule has 1 aliphatic carbocycles. The second-order valence-corrected chi connectivity index (χ2v) is 17.2. The average molecular weight is 788 g/mol. The van der Waals surface area contributed by atoms with E-state index < -0.39 is 11.9 Å². The molecule has 0 bridgehead atoms. The number of rotatable bonds is 8. The summed E-state index contributed by atoms with van der Waals surface area (Å²) in [6.07, 6.45) is 15.2. The van der Waals surface area contributed by atoms with Crippen LogP contribution in [-0.4, -0.2) is 86.4 Å². The van der Waals surface area contributed by atoms with E-state index in [1.807, 2.05) is 37.3 Å². The van der Waals surface area contributed by atoms with Crippen LogP contribution in [0.15, 0.2) is 59.8 Å². The lowest BCUT2D eigenvalue weighted by Gasteiger charge is -2.48. The van der Waals surface area contributed by atoms with Gasteiger partial charge in [0.2, 0.25) is 11.8 Å². The van der Waals surface area contributed by atoms with Crippen LogP contribution in [0.1, 0.15) is 92.2 Å². The summed E-state index contributed by atoms with van der Waals surface area (Å²) in [5.41, 5.74) is 5.67. The van der Waals surface area contributed by atoms with Crippen molar-refractivity contribution in [2.24, 2.45) is 18.4 Å². The normalized spacial score (nSPS) is 22.7. The standard InChI is InChI=1S/C44H53N9O5/c1-28-21-30(25-45-24-28)41(55)46-34-22-31-27-52(48-33(31)23-38(34)58-3)32-9-7-29(8-10-32)26-50-17-13-44(14-18-50)15-19-51(20-16-44)35-5-4-6-36-40(35)49(2)43(57)53(36)37-11-12-39(54)47-42(37)56/h4-6,21-25,27,29,32,37H,7-20,26H2,1-3H3,(H,46,55)(H,47,54,56)/t29-,32-,37?. The summed E-state index contributed by atoms with van der Waals surface area (Å²) in [4.78, 5) is 60.3. The molecule has 4 aliphatic rings. The highest BCUT2D eigenvalue weighted by Gasteiger charge is 2.39. The number of ether oxygens (including phenoxy) is 1. The number of hydrogen-bond acceptors (Lipinski definition) is 9. The van der Waals surface area contributed by atoms with Crippen molar-refractivity contribution in [3.63, 3.8) is 0 Å². The molecule has 1 atom stereocenters. The van der Waals surface area contributed by atoms with Gasteiger partial charge in [-0.1, -0.05) is 6.07 Å². The van der Waals surface area contributed by atoms with Crippen LogP contribution in [0.3, 0.4) is 0 Å². The Bertz CT molecular complexity index is 2440. The second kappa shape index (κ2) is 15.3. The largest absolute Gasteiger partial charge is 0.494 e. The SMILES string of the molecule is COc1cc2nn([C@H]3CC[C@H](CN4CCC5(CC4)CCN(c4cccc6c4n(C)c(=O)n6C4CCC(=O)NC4=O)CC5)CC3)cc2cc1NC(=O)c1cncc(C)c1. The number of aryl methyl sites for hydroxylation is 2. The predicted octanol–water partition coefficient (Wildman–Crippen LogP) is 5.75. The summed E-state index contributed by atoms with van der Waals surface area (Å²) in [6.45, 7) is 7.24. The summed E-state index contributed by atoms with van der Waals surface area (Å²) < 4.78 is 11.0. The lowest BCUT2D eigenvalue weighted by Crippen LogP contribution is -2.48. The van der Waals surface area contributed by atoms with Crippen LogP contribution < -0.4 is 26.0 Å². The number of carbonyl (C=O) groups is 3. The fraction of sp³-hybridized carbons (Fsp3) is 0.500. The van der Waals surface area contributed by atoms with E-state index in [4.69, 9.17) is 9.84 Å². The molecule has 0 radical (unpaired) electrons. The Morgan fingerprint density at radius 2 is 1.72 bits per heavy atom. The minimum atomic E-state index is -0.684. The molecule has 9 rings (SSSR count). The van der Waals surface area contributed by atoms with Crippen molar-refractivity contribution in [3.05, 3.63) is 76.6 Å². The Hall–Kier alpha value is -5.50. The topological polar surface area (TPSA) is 149 Å². The zero-order valence-corrected chi connectivity index (χ0v) is 33.7. The molecule has 1 spiro atoms. The van der Waals surface area contributed by atoms with Crippen LogP contribution >= 0.6 is 0 Å². The third kappa shape index (κ3) is 7.16. The third-order valence-electron chi connectivity index (χ3n) is 13.6. The maximum absolute atomic E-state index is 13.5. The number of imidazole rings is 1. The summed E-state index contributed by atoms with van der Waals surface area (Å²) in [5, 5.41) is 11.3. The van der Waals surface area contributed by atoms with Crippen LogP contribution in [-0.2, 0) is 16.6 Å². The van der Waals surface area contributed by atoms with E-state index in [9.17, 15) is 19.2 Å². The molecule has 58 heavy (non-hydrogen) atoms. The summed E-state index contributed by atoms with van der Waals surface area (Å²) >= 11 is 0. The smallest absolute Gasteiger partial charge is 0.329 e. The van der Waals surface area contributed by atoms with Crippen molar-refractivity contribution < 1.29 is 19.1 Å². The quantitative estimate of drug-likeness (QED) is 0.188. The molecular weight excluding hydrogens is 735 g/mol. The molecule has 5 aromatic rings. The van der Waals surface area contributed by atoms with Gasteiger partial charge in [-0.05, 0) is 119 Å². The van der Waals surface area contributed by atoms with Crippen molar-refractivity contribution in [3.8, 4) is 5.75 Å². The number of piperidine rings is 3.